The zero-order chi connectivity index (χ0) is 101. The minimum atomic E-state index is -1.12. The number of halogens is 2. The minimum absolute atomic E-state index is 0.00222. The highest BCUT2D eigenvalue weighted by Gasteiger charge is 2.65. The van der Waals surface area contributed by atoms with Crippen LogP contribution in [0.1, 0.15) is 109 Å². The number of likely N-dealkylation sites (tertiary alicyclic amines) is 4. The normalized spacial score (nSPS) is 23.1. The molecule has 10 fully saturated rings. The molecule has 10 heterocycles. The fraction of sp³-hybridized carbons (Fsp3) is 0.333. The summed E-state index contributed by atoms with van der Waals surface area (Å²) in [6.45, 7) is 9.84. The minimum Gasteiger partial charge on any atom is -0.361 e. The molecule has 10 aromatic carbocycles. The molecule has 2 N–H and O–H groups in total. The predicted molar refractivity (Wildman–Crippen MR) is 569 cm³/mol. The van der Waals surface area contributed by atoms with Crippen molar-refractivity contribution in [1.29, 1.82) is 0 Å². The maximum atomic E-state index is 14.7. The molecule has 32 heteroatoms. The number of thioether (sulfide) groups is 4. The topological polar surface area (TPSA) is 275 Å². The lowest BCUT2D eigenvalue weighted by Gasteiger charge is -2.42. The van der Waals surface area contributed by atoms with Gasteiger partial charge in [0.15, 0.2) is 0 Å². The van der Waals surface area contributed by atoms with Crippen LogP contribution < -0.4 is 0 Å². The Morgan fingerprint density at radius 3 is 0.904 bits per heavy atom. The lowest BCUT2D eigenvalue weighted by molar-refractivity contribution is -0.138. The molecule has 12 amide bonds. The number of H-pyrrole nitrogens is 2. The molecule has 26 nitrogen and oxygen atoms in total. The van der Waals surface area contributed by atoms with Gasteiger partial charge in [-0.1, -0.05) is 223 Å². The summed E-state index contributed by atoms with van der Waals surface area (Å²) in [7, 11) is 0. The molecular formula is C114H116Cl2N14O12S4. The number of piperazine rings is 4. The van der Waals surface area contributed by atoms with Gasteiger partial charge in [0.2, 0.25) is 72.9 Å². The van der Waals surface area contributed by atoms with Crippen LogP contribution in [-0.2, 0) is 70.6 Å². The van der Waals surface area contributed by atoms with E-state index in [1.807, 2.05) is 325 Å². The number of fused-ring (bicyclic) bond motifs is 2. The van der Waals surface area contributed by atoms with E-state index in [2.05, 4.69) is 16.0 Å². The van der Waals surface area contributed by atoms with Gasteiger partial charge in [-0.3, -0.25) is 57.5 Å². The van der Waals surface area contributed by atoms with Crippen molar-refractivity contribution in [3.8, 4) is 0 Å². The van der Waals surface area contributed by atoms with Crippen LogP contribution >= 0.6 is 70.2 Å². The molecule has 0 spiro atoms. The Balaban J connectivity index is 0.000000123. The molecule has 2 aromatic heterocycles. The molecule has 2 aliphatic carbocycles. The van der Waals surface area contributed by atoms with E-state index in [1.54, 1.807) is 19.6 Å². The number of benzene rings is 10. The van der Waals surface area contributed by atoms with Crippen molar-refractivity contribution in [2.24, 2.45) is 11.8 Å². The molecule has 2 saturated carbocycles. The van der Waals surface area contributed by atoms with Gasteiger partial charge in [0.1, 0.15) is 19.0 Å². The Kier molecular flexibility index (Phi) is 31.6. The van der Waals surface area contributed by atoms with Crippen molar-refractivity contribution >= 4 is 165 Å². The molecule has 0 bridgehead atoms. The highest BCUT2D eigenvalue weighted by molar-refractivity contribution is 8.02. The largest absolute Gasteiger partial charge is 0.361 e. The van der Waals surface area contributed by atoms with Crippen LogP contribution in [0.4, 0.5) is 0 Å². The van der Waals surface area contributed by atoms with Crippen LogP contribution in [0, 0.1) is 11.8 Å². The van der Waals surface area contributed by atoms with E-state index >= 15 is 0 Å². The Morgan fingerprint density at radius 1 is 0.301 bits per heavy atom. The molecule has 8 unspecified atom stereocenters. The Bertz CT molecular complexity index is 6660. The van der Waals surface area contributed by atoms with Gasteiger partial charge in [0.25, 0.3) is 0 Å². The van der Waals surface area contributed by atoms with Gasteiger partial charge in [-0.25, -0.2) is 0 Å². The summed E-state index contributed by atoms with van der Waals surface area (Å²) >= 11 is 18.5. The monoisotopic (exact) mass is 2070 g/mol. The van der Waals surface area contributed by atoms with Gasteiger partial charge in [-0.05, 0) is 139 Å². The molecular weight excluding hydrogens is 1960 g/mol. The quantitative estimate of drug-likeness (QED) is 0.0431. The first-order chi connectivity index (χ1) is 71.2. The van der Waals surface area contributed by atoms with E-state index in [0.717, 1.165) is 126 Å². The van der Waals surface area contributed by atoms with Crippen LogP contribution in [0.5, 0.6) is 0 Å². The number of carbonyl (C=O) groups is 12. The van der Waals surface area contributed by atoms with Gasteiger partial charge in [0, 0.05) is 206 Å². The van der Waals surface area contributed by atoms with Crippen LogP contribution in [0.2, 0.25) is 10.0 Å². The number of aromatic nitrogens is 2. The van der Waals surface area contributed by atoms with Crippen molar-refractivity contribution in [3.63, 3.8) is 0 Å². The number of rotatable bonds is 28. The third-order valence-corrected chi connectivity index (χ3v) is 35.6. The number of carbonyl (C=O) groups excluding carboxylic acids is 12. The van der Waals surface area contributed by atoms with Crippen molar-refractivity contribution in [2.45, 2.75) is 127 Å². The fourth-order valence-electron chi connectivity index (χ4n) is 21.7. The standard InChI is InChI=1S/C31H29ClN4O3S.C31H30N4O3S.C26H28ClN3O3S.C26H29N3O3S/c32-23-11-12-25-26(19-33-27(25)17-23)29-31(40-24-9-5-2-6-10-24,30(39)35-15-13-34(21-37)14-16-35)18-28(38)36(29)20-22-7-3-1-4-8-22;36-22-33-15-17-34(18-16-33)30(38)31(39-24-11-5-2-6-12-24)19-28(37)35(21-23-9-3-1-4-10-23)29(31)26-20-32-27-14-8-7-13-25(26)27;27-21-10-8-20(9-11-21)24-26(34-22-4-2-1-3-5-22,16-23(32)30(24)17-19-6-7-19)25(33)29-14-12-28(18-31)13-15-29;30-19-27-13-15-28(16-14-27)25(32)26(33-22-9-5-2-6-10-22)17-23(31)29(18-20-11-12-20)24(26)21-7-3-1-4-8-21/h1-12,17,19,21,29,33H,13-16,18,20H2;1-14,20,22,29,32H,15-19,21H2;1-5,8-11,18-19,24H,6-7,12-17H2;1-10,19-20,24H,11-18H2. The predicted octanol–water partition coefficient (Wildman–Crippen LogP) is 16.7. The van der Waals surface area contributed by atoms with Crippen molar-refractivity contribution < 1.29 is 57.5 Å². The van der Waals surface area contributed by atoms with E-state index in [0.29, 0.717) is 153 Å². The zero-order valence-electron chi connectivity index (χ0n) is 80.9. The van der Waals surface area contributed by atoms with Gasteiger partial charge in [-0.2, -0.15) is 0 Å². The van der Waals surface area contributed by atoms with E-state index < -0.39 is 31.1 Å². The summed E-state index contributed by atoms with van der Waals surface area (Å²) in [5, 5.41) is 3.17. The lowest BCUT2D eigenvalue weighted by Crippen LogP contribution is -2.56. The van der Waals surface area contributed by atoms with E-state index in [4.69, 9.17) is 23.2 Å². The maximum absolute atomic E-state index is 14.7. The molecule has 146 heavy (non-hydrogen) atoms. The Labute approximate surface area is 876 Å². The fourth-order valence-corrected chi connectivity index (χ4v) is 28.0. The van der Waals surface area contributed by atoms with Crippen molar-refractivity contribution in [1.82, 2.24) is 68.8 Å². The maximum Gasteiger partial charge on any atom is 0.242 e. The van der Waals surface area contributed by atoms with Gasteiger partial charge in [0.05, 0.1) is 49.9 Å². The number of para-hydroxylation sites is 1. The van der Waals surface area contributed by atoms with E-state index in [9.17, 15) is 57.5 Å². The summed E-state index contributed by atoms with van der Waals surface area (Å²) in [6, 6.07) is 88.8. The highest BCUT2D eigenvalue weighted by atomic mass is 35.5. The molecule has 752 valence electrons. The molecule has 8 aliphatic heterocycles. The smallest absolute Gasteiger partial charge is 0.242 e. The van der Waals surface area contributed by atoms with E-state index in [1.165, 1.54) is 47.0 Å². The second-order valence-electron chi connectivity index (χ2n) is 38.9. The number of nitrogens with one attached hydrogen (secondary N) is 2. The first kappa shape index (κ1) is 102. The number of nitrogens with zero attached hydrogens (tertiary/aromatic N) is 12. The summed E-state index contributed by atoms with van der Waals surface area (Å²) in [5.41, 5.74) is 7.60. The van der Waals surface area contributed by atoms with Gasteiger partial charge in [-0.15, -0.1) is 47.0 Å². The third kappa shape index (κ3) is 22.0. The summed E-state index contributed by atoms with van der Waals surface area (Å²) < 4.78 is -4.14. The molecule has 0 radical (unpaired) electrons. The SMILES string of the molecule is O=CN1CCN(C(=O)C2(Sc3ccccc3)CC(=O)N(CC3CC3)C2c2ccc(Cl)cc2)CC1.O=CN1CCN(C(=O)C2(Sc3ccccc3)CC(=O)N(CC3CC3)C2c2ccccc2)CC1.O=CN1CCN(C(=O)C2(Sc3ccccc3)CC(=O)N(Cc3ccccc3)C2c2c[nH]c3cc(Cl)ccc23)CC1.O=CN1CCN(C(=O)C2(Sc3ccccc3)CC(=O)N(Cc3ccccc3)C2c2c[nH]c3ccccc23)CC1. The average molecular weight is 2070 g/mol. The van der Waals surface area contributed by atoms with Gasteiger partial charge >= 0.3 is 0 Å². The van der Waals surface area contributed by atoms with Crippen molar-refractivity contribution in [3.05, 3.63) is 335 Å². The number of aromatic amines is 2. The summed E-state index contributed by atoms with van der Waals surface area (Å²) in [5.74, 6) is 0.838. The number of amides is 12. The first-order valence-electron chi connectivity index (χ1n) is 50.0. The Morgan fingerprint density at radius 2 is 0.575 bits per heavy atom. The number of hydrogen-bond donors (Lipinski definition) is 2. The molecule has 10 aliphatic rings. The zero-order valence-corrected chi connectivity index (χ0v) is 85.7. The second kappa shape index (κ2) is 45.5. The first-order valence-corrected chi connectivity index (χ1v) is 54.0. The molecule has 22 rings (SSSR count). The third-order valence-electron chi connectivity index (χ3n) is 29.5. The van der Waals surface area contributed by atoms with Gasteiger partial charge < -0.3 is 68.8 Å². The number of hydrogen-bond acceptors (Lipinski definition) is 16. The van der Waals surface area contributed by atoms with Crippen molar-refractivity contribution in [2.75, 3.05) is 118 Å². The summed E-state index contributed by atoms with van der Waals surface area (Å²) in [6.07, 6.45) is 12.3. The van der Waals surface area contributed by atoms with Crippen LogP contribution in [0.15, 0.2) is 311 Å². The second-order valence-corrected chi connectivity index (χ2v) is 45.4. The van der Waals surface area contributed by atoms with Crippen LogP contribution in [0.3, 0.4) is 0 Å². The Hall–Kier alpha value is -13.1. The molecule has 8 atom stereocenters. The van der Waals surface area contributed by atoms with E-state index in [-0.39, 0.29) is 85.0 Å². The average Bonchev–Trinajstić information content (AvgIpc) is 1.57. The molecule has 12 aromatic rings. The lowest BCUT2D eigenvalue weighted by atomic mass is 9.90. The highest BCUT2D eigenvalue weighted by Crippen LogP contribution is 2.60. The van der Waals surface area contributed by atoms with Crippen LogP contribution in [0.25, 0.3) is 21.8 Å². The summed E-state index contributed by atoms with van der Waals surface area (Å²) in [4.78, 5) is 191. The van der Waals surface area contributed by atoms with Crippen LogP contribution in [-0.4, -0.2) is 278 Å². The molecule has 8 saturated heterocycles.